The minimum absolute atomic E-state index is 0.0597. The first kappa shape index (κ1) is 19.0. The van der Waals surface area contributed by atoms with Crippen molar-refractivity contribution in [2.75, 3.05) is 0 Å². The van der Waals surface area contributed by atoms with Crippen molar-refractivity contribution in [3.63, 3.8) is 0 Å². The van der Waals surface area contributed by atoms with E-state index >= 15 is 0 Å². The van der Waals surface area contributed by atoms with Crippen LogP contribution in [-0.4, -0.2) is 32.6 Å². The second kappa shape index (κ2) is 5.86. The highest BCUT2D eigenvalue weighted by Crippen LogP contribution is 2.64. The fraction of sp³-hybridized carbons (Fsp3) is 0.900. The molecule has 3 nitrogen and oxygen atoms in total. The topological polar surface area (TPSA) is 60.7 Å². The van der Waals surface area contributed by atoms with Gasteiger partial charge in [0.05, 0.1) is 17.3 Å². The van der Waals surface area contributed by atoms with Crippen LogP contribution in [0.3, 0.4) is 0 Å². The van der Waals surface area contributed by atoms with Gasteiger partial charge >= 0.3 is 0 Å². The van der Waals surface area contributed by atoms with Gasteiger partial charge in [-0.05, 0) is 69.6 Å². The smallest absolute Gasteiger partial charge is 0.0933 e. The van der Waals surface area contributed by atoms with Crippen molar-refractivity contribution in [3.8, 4) is 0 Å². The van der Waals surface area contributed by atoms with Crippen LogP contribution >= 0.6 is 0 Å². The predicted molar refractivity (Wildman–Crippen MR) is 94.0 cm³/mol. The van der Waals surface area contributed by atoms with Gasteiger partial charge in [-0.2, -0.15) is 0 Å². The number of aliphatic hydroxyl groups excluding tert-OH is 1. The van der Waals surface area contributed by atoms with Crippen LogP contribution in [0, 0.1) is 22.7 Å². The summed E-state index contributed by atoms with van der Waals surface area (Å²) >= 11 is 0. The number of aliphatic hydroxyl groups is 3. The van der Waals surface area contributed by atoms with Crippen LogP contribution < -0.4 is 0 Å². The highest BCUT2D eigenvalue weighted by atomic mass is 16.3. The first-order chi connectivity index (χ1) is 10.4. The van der Waals surface area contributed by atoms with Crippen LogP contribution in [0.4, 0.5) is 0 Å². The van der Waals surface area contributed by atoms with Gasteiger partial charge in [0.1, 0.15) is 0 Å². The highest BCUT2D eigenvalue weighted by molar-refractivity contribution is 5.12. The molecule has 0 radical (unpaired) electrons. The zero-order valence-corrected chi connectivity index (χ0v) is 15.6. The average molecular weight is 325 g/mol. The number of hydrogen-bond acceptors (Lipinski definition) is 3. The van der Waals surface area contributed by atoms with E-state index in [0.29, 0.717) is 24.7 Å². The van der Waals surface area contributed by atoms with Crippen LogP contribution in [0.1, 0.15) is 73.1 Å². The molecule has 0 aromatic heterocycles. The van der Waals surface area contributed by atoms with Gasteiger partial charge < -0.3 is 15.3 Å². The molecule has 0 aliphatic heterocycles. The molecule has 2 fully saturated rings. The molecule has 0 amide bonds. The molecule has 0 spiro atoms. The predicted octanol–water partition coefficient (Wildman–Crippen LogP) is 3.67. The fourth-order valence-electron chi connectivity index (χ4n) is 5.38. The first-order valence-electron chi connectivity index (χ1n) is 9.17. The van der Waals surface area contributed by atoms with Gasteiger partial charge in [0.15, 0.2) is 0 Å². The van der Waals surface area contributed by atoms with Crippen LogP contribution in [0.15, 0.2) is 12.7 Å². The van der Waals surface area contributed by atoms with Gasteiger partial charge in [0.2, 0.25) is 0 Å². The lowest BCUT2D eigenvalue weighted by Crippen LogP contribution is -2.65. The number of rotatable bonds is 4. The third-order valence-corrected chi connectivity index (χ3v) is 7.93. The van der Waals surface area contributed by atoms with Crippen LogP contribution in [-0.2, 0) is 0 Å². The molecule has 7 atom stereocenters. The maximum absolute atomic E-state index is 11.1. The Morgan fingerprint density at radius 1 is 1.22 bits per heavy atom. The molecule has 134 valence electrons. The maximum atomic E-state index is 11.1. The summed E-state index contributed by atoms with van der Waals surface area (Å²) in [5.41, 5.74) is -2.10. The van der Waals surface area contributed by atoms with E-state index in [1.54, 1.807) is 6.08 Å². The Kier molecular flexibility index (Phi) is 4.83. The molecule has 0 heterocycles. The molecule has 0 aromatic carbocycles. The summed E-state index contributed by atoms with van der Waals surface area (Å²) in [6, 6.07) is 0. The summed E-state index contributed by atoms with van der Waals surface area (Å²) in [6.07, 6.45) is 6.22. The SMILES string of the molecule is C=CC(C)(O)CC[C@@]1(C)[C@H](C)CC[C@]2(C)[C@@H]1CC[C@@H](O)[C@]2(C)O. The second-order valence-corrected chi connectivity index (χ2v) is 9.22. The Balaban J connectivity index is 2.33. The molecule has 3 N–H and O–H groups in total. The molecule has 0 aromatic rings. The summed E-state index contributed by atoms with van der Waals surface area (Å²) in [4.78, 5) is 0. The van der Waals surface area contributed by atoms with Crippen molar-refractivity contribution in [1.29, 1.82) is 0 Å². The summed E-state index contributed by atoms with van der Waals surface area (Å²) in [5.74, 6) is 0.907. The number of fused-ring (bicyclic) bond motifs is 1. The van der Waals surface area contributed by atoms with Gasteiger partial charge in [-0.1, -0.05) is 26.8 Å². The van der Waals surface area contributed by atoms with Crippen LogP contribution in [0.25, 0.3) is 0 Å². The normalized spacial score (nSPS) is 50.0. The van der Waals surface area contributed by atoms with Gasteiger partial charge in [0, 0.05) is 5.41 Å². The Hall–Kier alpha value is -0.380. The molecular formula is C20H36O3. The van der Waals surface area contributed by atoms with Crippen molar-refractivity contribution in [1.82, 2.24) is 0 Å². The summed E-state index contributed by atoms with van der Waals surface area (Å²) in [6.45, 7) is 14.2. The van der Waals surface area contributed by atoms with Crippen LogP contribution in [0.5, 0.6) is 0 Å². The van der Waals surface area contributed by atoms with Crippen LogP contribution in [0.2, 0.25) is 0 Å². The molecule has 2 aliphatic carbocycles. The Morgan fingerprint density at radius 2 is 1.83 bits per heavy atom. The Bertz CT molecular complexity index is 456. The molecule has 2 aliphatic rings. The molecule has 3 heteroatoms. The Morgan fingerprint density at radius 3 is 2.39 bits per heavy atom. The van der Waals surface area contributed by atoms with Gasteiger partial charge in [0.25, 0.3) is 0 Å². The third-order valence-electron chi connectivity index (χ3n) is 7.93. The van der Waals surface area contributed by atoms with Crippen molar-refractivity contribution < 1.29 is 15.3 Å². The van der Waals surface area contributed by atoms with Crippen molar-refractivity contribution in [2.45, 2.75) is 90.4 Å². The lowest BCUT2D eigenvalue weighted by molar-refractivity contribution is -0.236. The second-order valence-electron chi connectivity index (χ2n) is 9.22. The highest BCUT2D eigenvalue weighted by Gasteiger charge is 2.62. The molecule has 0 saturated heterocycles. The number of hydrogen-bond donors (Lipinski definition) is 3. The van der Waals surface area contributed by atoms with E-state index in [4.69, 9.17) is 0 Å². The Labute approximate surface area is 141 Å². The van der Waals surface area contributed by atoms with Gasteiger partial charge in [-0.15, -0.1) is 6.58 Å². The summed E-state index contributed by atoms with van der Waals surface area (Å²) < 4.78 is 0. The van der Waals surface area contributed by atoms with Crippen molar-refractivity contribution >= 4 is 0 Å². The van der Waals surface area contributed by atoms with Crippen molar-refractivity contribution in [2.24, 2.45) is 22.7 Å². The van der Waals surface area contributed by atoms with Gasteiger partial charge in [-0.25, -0.2) is 0 Å². The monoisotopic (exact) mass is 324 g/mol. The van der Waals surface area contributed by atoms with E-state index in [1.807, 2.05) is 13.8 Å². The lowest BCUT2D eigenvalue weighted by Gasteiger charge is -2.64. The molecule has 0 bridgehead atoms. The van der Waals surface area contributed by atoms with Crippen molar-refractivity contribution in [3.05, 3.63) is 12.7 Å². The minimum atomic E-state index is -1.04. The maximum Gasteiger partial charge on any atom is 0.0933 e. The lowest BCUT2D eigenvalue weighted by atomic mass is 9.43. The largest absolute Gasteiger partial charge is 0.390 e. The molecular weight excluding hydrogens is 288 g/mol. The molecule has 1 unspecified atom stereocenters. The quantitative estimate of drug-likeness (QED) is 0.692. The van der Waals surface area contributed by atoms with E-state index < -0.39 is 17.3 Å². The van der Waals surface area contributed by atoms with E-state index in [0.717, 1.165) is 25.7 Å². The fourth-order valence-corrected chi connectivity index (χ4v) is 5.38. The summed E-state index contributed by atoms with van der Waals surface area (Å²) in [5, 5.41) is 31.8. The van der Waals surface area contributed by atoms with Gasteiger partial charge in [-0.3, -0.25) is 0 Å². The zero-order chi connectivity index (χ0) is 17.7. The molecule has 2 rings (SSSR count). The van der Waals surface area contributed by atoms with E-state index in [-0.39, 0.29) is 10.8 Å². The zero-order valence-electron chi connectivity index (χ0n) is 15.6. The van der Waals surface area contributed by atoms with E-state index in [9.17, 15) is 15.3 Å². The molecule has 2 saturated carbocycles. The average Bonchev–Trinajstić information content (AvgIpc) is 2.48. The summed E-state index contributed by atoms with van der Waals surface area (Å²) in [7, 11) is 0. The van der Waals surface area contributed by atoms with E-state index in [1.165, 1.54) is 0 Å². The first-order valence-corrected chi connectivity index (χ1v) is 9.17. The third kappa shape index (κ3) is 2.89. The van der Waals surface area contributed by atoms with E-state index in [2.05, 4.69) is 27.4 Å². The molecule has 23 heavy (non-hydrogen) atoms. The minimum Gasteiger partial charge on any atom is -0.390 e. The standard InChI is InChI=1S/C20H36O3/c1-7-17(3,22)12-13-18(4)14(2)10-11-19(5)15(18)8-9-16(21)20(19,6)23/h7,14-16,21-23H,1,8-13H2,2-6H3/t14-,15-,16-,17?,18+,19-,20+/m1/s1.